The first-order valence-corrected chi connectivity index (χ1v) is 5.74. The molecule has 0 radical (unpaired) electrons. The number of aromatic hydroxyl groups is 1. The lowest BCUT2D eigenvalue weighted by Gasteiger charge is -2.22. The molecule has 1 aromatic heterocycles. The van der Waals surface area contributed by atoms with Gasteiger partial charge in [0.1, 0.15) is 5.75 Å². The SMILES string of the molecule is Oc1cc(C(F)(F)F)cnc1C1CCCCC1. The van der Waals surface area contributed by atoms with E-state index < -0.39 is 11.7 Å². The van der Waals surface area contributed by atoms with Crippen LogP contribution in [0.3, 0.4) is 0 Å². The molecule has 0 unspecified atom stereocenters. The molecule has 2 rings (SSSR count). The maximum atomic E-state index is 12.4. The molecule has 0 aromatic carbocycles. The Morgan fingerprint density at radius 1 is 1.18 bits per heavy atom. The highest BCUT2D eigenvalue weighted by atomic mass is 19.4. The smallest absolute Gasteiger partial charge is 0.418 e. The summed E-state index contributed by atoms with van der Waals surface area (Å²) in [6.45, 7) is 0. The lowest BCUT2D eigenvalue weighted by atomic mass is 9.86. The van der Waals surface area contributed by atoms with Crippen LogP contribution in [0.2, 0.25) is 0 Å². The van der Waals surface area contributed by atoms with E-state index in [1.165, 1.54) is 0 Å². The van der Waals surface area contributed by atoms with Gasteiger partial charge in [-0.2, -0.15) is 13.2 Å². The molecule has 0 aliphatic heterocycles. The highest BCUT2D eigenvalue weighted by Gasteiger charge is 2.32. The summed E-state index contributed by atoms with van der Waals surface area (Å²) >= 11 is 0. The van der Waals surface area contributed by atoms with Gasteiger partial charge < -0.3 is 5.11 Å². The van der Waals surface area contributed by atoms with Gasteiger partial charge in [0.05, 0.1) is 11.3 Å². The molecule has 0 bridgehead atoms. The van der Waals surface area contributed by atoms with Gasteiger partial charge in [-0.05, 0) is 18.9 Å². The van der Waals surface area contributed by atoms with Crippen molar-refractivity contribution in [1.82, 2.24) is 4.98 Å². The number of aromatic nitrogens is 1. The summed E-state index contributed by atoms with van der Waals surface area (Å²) < 4.78 is 37.2. The number of hydrogen-bond donors (Lipinski definition) is 1. The maximum Gasteiger partial charge on any atom is 0.418 e. The van der Waals surface area contributed by atoms with E-state index >= 15 is 0 Å². The molecule has 0 amide bonds. The highest BCUT2D eigenvalue weighted by Crippen LogP contribution is 2.38. The lowest BCUT2D eigenvalue weighted by molar-refractivity contribution is -0.138. The zero-order valence-corrected chi connectivity index (χ0v) is 9.30. The van der Waals surface area contributed by atoms with Crippen LogP contribution in [0.4, 0.5) is 13.2 Å². The van der Waals surface area contributed by atoms with Crippen LogP contribution in [0.25, 0.3) is 0 Å². The van der Waals surface area contributed by atoms with Gasteiger partial charge in [-0.1, -0.05) is 19.3 Å². The fourth-order valence-electron chi connectivity index (χ4n) is 2.31. The molecule has 1 fully saturated rings. The molecular formula is C12H14F3NO. The number of pyridine rings is 1. The van der Waals surface area contributed by atoms with Crippen molar-refractivity contribution < 1.29 is 18.3 Å². The van der Waals surface area contributed by atoms with Crippen LogP contribution in [0.1, 0.15) is 49.3 Å². The van der Waals surface area contributed by atoms with Crippen LogP contribution >= 0.6 is 0 Å². The van der Waals surface area contributed by atoms with Gasteiger partial charge >= 0.3 is 6.18 Å². The quantitative estimate of drug-likeness (QED) is 0.815. The number of alkyl halides is 3. The Balaban J connectivity index is 2.25. The highest BCUT2D eigenvalue weighted by molar-refractivity contribution is 5.33. The average Bonchev–Trinajstić information content (AvgIpc) is 2.29. The van der Waals surface area contributed by atoms with Crippen LogP contribution in [-0.4, -0.2) is 10.1 Å². The van der Waals surface area contributed by atoms with Crippen molar-refractivity contribution in [2.24, 2.45) is 0 Å². The summed E-state index contributed by atoms with van der Waals surface area (Å²) in [5.74, 6) is -0.224. The Morgan fingerprint density at radius 2 is 1.82 bits per heavy atom. The standard InChI is InChI=1S/C12H14F3NO/c13-12(14,15)9-6-10(17)11(16-7-9)8-4-2-1-3-5-8/h6-8,17H,1-5H2. The van der Waals surface area contributed by atoms with E-state index in [2.05, 4.69) is 4.98 Å². The summed E-state index contributed by atoms with van der Waals surface area (Å²) in [5, 5.41) is 9.64. The molecule has 5 heteroatoms. The monoisotopic (exact) mass is 245 g/mol. The van der Waals surface area contributed by atoms with Gasteiger partial charge in [-0.3, -0.25) is 4.98 Å². The number of nitrogens with zero attached hydrogens (tertiary/aromatic N) is 1. The van der Waals surface area contributed by atoms with E-state index in [0.29, 0.717) is 5.69 Å². The van der Waals surface area contributed by atoms with Crippen molar-refractivity contribution in [3.8, 4) is 5.75 Å². The first-order valence-electron chi connectivity index (χ1n) is 5.74. The Kier molecular flexibility index (Phi) is 3.26. The first kappa shape index (κ1) is 12.2. The van der Waals surface area contributed by atoms with Crippen molar-refractivity contribution in [1.29, 1.82) is 0 Å². The van der Waals surface area contributed by atoms with Gasteiger partial charge in [0, 0.05) is 12.1 Å². The van der Waals surface area contributed by atoms with E-state index in [-0.39, 0.29) is 11.7 Å². The topological polar surface area (TPSA) is 33.1 Å². The molecular weight excluding hydrogens is 231 g/mol. The predicted octanol–water partition coefficient (Wildman–Crippen LogP) is 3.85. The molecule has 1 N–H and O–H groups in total. The van der Waals surface area contributed by atoms with Gasteiger partial charge in [0.2, 0.25) is 0 Å². The number of hydrogen-bond acceptors (Lipinski definition) is 2. The third kappa shape index (κ3) is 2.70. The summed E-state index contributed by atoms with van der Waals surface area (Å²) in [5.41, 5.74) is -0.479. The minimum absolute atomic E-state index is 0.103. The second-order valence-electron chi connectivity index (χ2n) is 4.46. The third-order valence-corrected chi connectivity index (χ3v) is 3.22. The minimum Gasteiger partial charge on any atom is -0.506 e. The summed E-state index contributed by atoms with van der Waals surface area (Å²) in [7, 11) is 0. The molecule has 17 heavy (non-hydrogen) atoms. The molecule has 2 nitrogen and oxygen atoms in total. The lowest BCUT2D eigenvalue weighted by Crippen LogP contribution is -2.10. The fraction of sp³-hybridized carbons (Fsp3) is 0.583. The van der Waals surface area contributed by atoms with E-state index in [1.54, 1.807) is 0 Å². The second-order valence-corrected chi connectivity index (χ2v) is 4.46. The molecule has 1 saturated carbocycles. The van der Waals surface area contributed by atoms with Crippen LogP contribution in [0.15, 0.2) is 12.3 Å². The average molecular weight is 245 g/mol. The zero-order valence-electron chi connectivity index (χ0n) is 9.30. The van der Waals surface area contributed by atoms with Crippen LogP contribution in [0.5, 0.6) is 5.75 Å². The van der Waals surface area contributed by atoms with Crippen molar-refractivity contribution in [3.63, 3.8) is 0 Å². The third-order valence-electron chi connectivity index (χ3n) is 3.22. The molecule has 1 aromatic rings. The number of halogens is 3. The van der Waals surface area contributed by atoms with Crippen molar-refractivity contribution in [3.05, 3.63) is 23.5 Å². The van der Waals surface area contributed by atoms with E-state index in [4.69, 9.17) is 0 Å². The van der Waals surface area contributed by atoms with Gasteiger partial charge in [0.25, 0.3) is 0 Å². The van der Waals surface area contributed by atoms with Crippen LogP contribution in [0, 0.1) is 0 Å². The number of rotatable bonds is 1. The van der Waals surface area contributed by atoms with Gasteiger partial charge in [0.15, 0.2) is 0 Å². The summed E-state index contributed by atoms with van der Waals surface area (Å²) in [6, 6.07) is 0.775. The Labute approximate surface area is 97.5 Å². The Bertz CT molecular complexity index is 397. The van der Waals surface area contributed by atoms with Gasteiger partial charge in [-0.15, -0.1) is 0 Å². The van der Waals surface area contributed by atoms with E-state index in [0.717, 1.165) is 44.4 Å². The molecule has 0 spiro atoms. The van der Waals surface area contributed by atoms with Crippen molar-refractivity contribution >= 4 is 0 Å². The van der Waals surface area contributed by atoms with Crippen LogP contribution < -0.4 is 0 Å². The molecule has 1 aliphatic carbocycles. The summed E-state index contributed by atoms with van der Waals surface area (Å²) in [4.78, 5) is 3.80. The van der Waals surface area contributed by atoms with E-state index in [9.17, 15) is 18.3 Å². The predicted molar refractivity (Wildman–Crippen MR) is 56.7 cm³/mol. The van der Waals surface area contributed by atoms with Gasteiger partial charge in [-0.25, -0.2) is 0 Å². The normalized spacial score (nSPS) is 18.3. The Hall–Kier alpha value is -1.26. The largest absolute Gasteiger partial charge is 0.506 e. The zero-order chi connectivity index (χ0) is 12.5. The first-order chi connectivity index (χ1) is 7.98. The molecule has 94 valence electrons. The van der Waals surface area contributed by atoms with Crippen molar-refractivity contribution in [2.45, 2.75) is 44.2 Å². The van der Waals surface area contributed by atoms with E-state index in [1.807, 2.05) is 0 Å². The second kappa shape index (κ2) is 4.55. The minimum atomic E-state index is -4.45. The molecule has 1 aliphatic rings. The maximum absolute atomic E-state index is 12.4. The molecule has 0 atom stereocenters. The molecule has 0 saturated heterocycles. The van der Waals surface area contributed by atoms with Crippen LogP contribution in [-0.2, 0) is 6.18 Å². The molecule has 1 heterocycles. The summed E-state index contributed by atoms with van der Waals surface area (Å²) in [6.07, 6.45) is 1.40. The Morgan fingerprint density at radius 3 is 2.35 bits per heavy atom. The fourth-order valence-corrected chi connectivity index (χ4v) is 2.31. The van der Waals surface area contributed by atoms with Crippen molar-refractivity contribution in [2.75, 3.05) is 0 Å².